The Labute approximate surface area is 144 Å². The summed E-state index contributed by atoms with van der Waals surface area (Å²) in [5.41, 5.74) is 12.9. The van der Waals surface area contributed by atoms with Gasteiger partial charge in [0.25, 0.3) is 0 Å². The van der Waals surface area contributed by atoms with E-state index in [4.69, 9.17) is 25.7 Å². The van der Waals surface area contributed by atoms with E-state index in [1.807, 2.05) is 0 Å². The normalized spacial score (nSPS) is 14.9. The molecule has 7 nitrogen and oxygen atoms in total. The van der Waals surface area contributed by atoms with E-state index in [0.717, 1.165) is 11.8 Å². The van der Waals surface area contributed by atoms with Crippen molar-refractivity contribution in [2.24, 2.45) is 11.5 Å². The third-order valence-electron chi connectivity index (χ3n) is 3.61. The fraction of sp³-hybridized carbons (Fsp3) is 0.250. The van der Waals surface area contributed by atoms with Crippen molar-refractivity contribution >= 4 is 11.8 Å². The third-order valence-corrected chi connectivity index (χ3v) is 4.49. The van der Waals surface area contributed by atoms with Gasteiger partial charge in [0.15, 0.2) is 11.5 Å². The van der Waals surface area contributed by atoms with Gasteiger partial charge in [-0.15, -0.1) is 0 Å². The molecule has 0 aromatic heterocycles. The Morgan fingerprint density at radius 3 is 1.88 bits per heavy atom. The van der Waals surface area contributed by atoms with Crippen molar-refractivity contribution in [2.45, 2.75) is 5.92 Å². The molecule has 2 rings (SSSR count). The van der Waals surface area contributed by atoms with Gasteiger partial charge in [0, 0.05) is 5.56 Å². The number of nitriles is 2. The van der Waals surface area contributed by atoms with Crippen LogP contribution in [0.5, 0.6) is 17.2 Å². The molecule has 24 heavy (non-hydrogen) atoms. The van der Waals surface area contributed by atoms with E-state index in [1.165, 1.54) is 21.3 Å². The Bertz CT molecular complexity index is 782. The van der Waals surface area contributed by atoms with Gasteiger partial charge in [-0.2, -0.15) is 10.5 Å². The zero-order chi connectivity index (χ0) is 17.9. The van der Waals surface area contributed by atoms with Crippen molar-refractivity contribution in [3.8, 4) is 29.4 Å². The Morgan fingerprint density at radius 1 is 0.917 bits per heavy atom. The second kappa shape index (κ2) is 7.07. The minimum Gasteiger partial charge on any atom is -0.493 e. The van der Waals surface area contributed by atoms with Gasteiger partial charge in [0.1, 0.15) is 0 Å². The molecule has 0 aliphatic carbocycles. The first-order valence-electron chi connectivity index (χ1n) is 6.80. The molecule has 124 valence electrons. The van der Waals surface area contributed by atoms with E-state index in [9.17, 15) is 10.5 Å². The Hall–Kier alpha value is -2.97. The number of rotatable bonds is 4. The first-order chi connectivity index (χ1) is 11.5. The number of hydrogen-bond donors (Lipinski definition) is 2. The molecule has 0 saturated heterocycles. The van der Waals surface area contributed by atoms with Crippen LogP contribution in [0.3, 0.4) is 0 Å². The number of thioether (sulfide) groups is 1. The molecule has 0 fully saturated rings. The average Bonchev–Trinajstić information content (AvgIpc) is 2.59. The Morgan fingerprint density at radius 2 is 1.46 bits per heavy atom. The molecule has 1 aliphatic heterocycles. The van der Waals surface area contributed by atoms with Gasteiger partial charge in [-0.3, -0.25) is 0 Å². The minimum absolute atomic E-state index is 0.247. The van der Waals surface area contributed by atoms with Crippen LogP contribution in [0.2, 0.25) is 0 Å². The Kier molecular flexibility index (Phi) is 5.12. The highest BCUT2D eigenvalue weighted by atomic mass is 32.2. The van der Waals surface area contributed by atoms with Gasteiger partial charge in [-0.05, 0) is 6.07 Å². The zero-order valence-electron chi connectivity index (χ0n) is 13.4. The van der Waals surface area contributed by atoms with Gasteiger partial charge in [-0.1, -0.05) is 17.8 Å². The summed E-state index contributed by atoms with van der Waals surface area (Å²) < 4.78 is 16.1. The molecule has 0 bridgehead atoms. The monoisotopic (exact) mass is 344 g/mol. The zero-order valence-corrected chi connectivity index (χ0v) is 14.2. The van der Waals surface area contributed by atoms with Crippen molar-refractivity contribution in [3.05, 3.63) is 38.9 Å². The fourth-order valence-corrected chi connectivity index (χ4v) is 3.34. The average molecular weight is 344 g/mol. The lowest BCUT2D eigenvalue weighted by Crippen LogP contribution is -2.19. The van der Waals surface area contributed by atoms with Gasteiger partial charge in [-0.25, -0.2) is 0 Å². The number of nitrogens with zero attached hydrogens (tertiary/aromatic N) is 2. The summed E-state index contributed by atoms with van der Waals surface area (Å²) in [6, 6.07) is 7.52. The number of methoxy groups -OCH3 is 3. The summed E-state index contributed by atoms with van der Waals surface area (Å²) >= 11 is 1.01. The first kappa shape index (κ1) is 17.4. The molecule has 8 heteroatoms. The lowest BCUT2D eigenvalue weighted by atomic mass is 9.85. The van der Waals surface area contributed by atoms with Gasteiger partial charge < -0.3 is 25.7 Å². The molecule has 1 aromatic rings. The Balaban J connectivity index is 2.79. The number of nitrogens with two attached hydrogens (primary N) is 2. The van der Waals surface area contributed by atoms with Crippen LogP contribution in [0.15, 0.2) is 33.3 Å². The molecular weight excluding hydrogens is 328 g/mol. The SMILES string of the molecule is COc1ccc(C2C(C#N)=C(N)SC(N)=C2C#N)c(OC)c1OC. The molecule has 0 spiro atoms. The largest absolute Gasteiger partial charge is 0.493 e. The van der Waals surface area contributed by atoms with E-state index in [2.05, 4.69) is 12.1 Å². The van der Waals surface area contributed by atoms with E-state index in [1.54, 1.807) is 12.1 Å². The van der Waals surface area contributed by atoms with Crippen molar-refractivity contribution in [1.29, 1.82) is 10.5 Å². The van der Waals surface area contributed by atoms with Gasteiger partial charge in [0.05, 0.1) is 60.6 Å². The highest BCUT2D eigenvalue weighted by molar-refractivity contribution is 8.06. The highest BCUT2D eigenvalue weighted by Crippen LogP contribution is 2.49. The second-order valence-electron chi connectivity index (χ2n) is 4.74. The summed E-state index contributed by atoms with van der Waals surface area (Å²) in [5, 5.41) is 19.5. The fourth-order valence-electron chi connectivity index (χ4n) is 2.56. The van der Waals surface area contributed by atoms with Crippen LogP contribution >= 0.6 is 11.8 Å². The van der Waals surface area contributed by atoms with Crippen molar-refractivity contribution < 1.29 is 14.2 Å². The van der Waals surface area contributed by atoms with Crippen LogP contribution in [0.25, 0.3) is 0 Å². The van der Waals surface area contributed by atoms with Crippen LogP contribution in [0.1, 0.15) is 11.5 Å². The smallest absolute Gasteiger partial charge is 0.203 e. The van der Waals surface area contributed by atoms with Crippen LogP contribution in [0.4, 0.5) is 0 Å². The number of ether oxygens (including phenoxy) is 3. The summed E-state index contributed by atoms with van der Waals surface area (Å²) in [7, 11) is 4.45. The maximum atomic E-state index is 9.51. The molecule has 0 atom stereocenters. The summed E-state index contributed by atoms with van der Waals surface area (Å²) in [4.78, 5) is 0. The minimum atomic E-state index is -0.726. The lowest BCUT2D eigenvalue weighted by molar-refractivity contribution is 0.322. The maximum Gasteiger partial charge on any atom is 0.203 e. The molecule has 4 N–H and O–H groups in total. The predicted octanol–water partition coefficient (Wildman–Crippen LogP) is 1.93. The molecule has 1 aliphatic rings. The maximum absolute atomic E-state index is 9.51. The van der Waals surface area contributed by atoms with Crippen LogP contribution in [-0.4, -0.2) is 21.3 Å². The van der Waals surface area contributed by atoms with Crippen LogP contribution < -0.4 is 25.7 Å². The lowest BCUT2D eigenvalue weighted by Gasteiger charge is -2.26. The molecule has 0 amide bonds. The third kappa shape index (κ3) is 2.68. The number of allylic oxidation sites excluding steroid dienone is 2. The second-order valence-corrected chi connectivity index (χ2v) is 5.82. The first-order valence-corrected chi connectivity index (χ1v) is 7.61. The summed E-state index contributed by atoms with van der Waals surface area (Å²) in [5.74, 6) is 0.461. The van der Waals surface area contributed by atoms with Gasteiger partial charge in [0.2, 0.25) is 5.75 Å². The molecular formula is C16H16N4O3S. The van der Waals surface area contributed by atoms with E-state index >= 15 is 0 Å². The van der Waals surface area contributed by atoms with Crippen LogP contribution in [0, 0.1) is 22.7 Å². The van der Waals surface area contributed by atoms with E-state index in [0.29, 0.717) is 22.8 Å². The van der Waals surface area contributed by atoms with Gasteiger partial charge >= 0.3 is 0 Å². The molecule has 1 aromatic carbocycles. The summed E-state index contributed by atoms with van der Waals surface area (Å²) in [6.07, 6.45) is 0. The highest BCUT2D eigenvalue weighted by Gasteiger charge is 2.34. The number of benzene rings is 1. The van der Waals surface area contributed by atoms with Crippen molar-refractivity contribution in [1.82, 2.24) is 0 Å². The quantitative estimate of drug-likeness (QED) is 0.848. The molecule has 0 radical (unpaired) electrons. The van der Waals surface area contributed by atoms with Crippen LogP contribution in [-0.2, 0) is 0 Å². The molecule has 1 heterocycles. The van der Waals surface area contributed by atoms with E-state index < -0.39 is 5.92 Å². The van der Waals surface area contributed by atoms with E-state index in [-0.39, 0.29) is 21.2 Å². The molecule has 0 unspecified atom stereocenters. The molecule has 0 saturated carbocycles. The standard InChI is InChI=1S/C16H16N4O3S/c1-21-11-5-4-8(13(22-2)14(11)23-3)12-9(6-17)15(19)24-16(20)10(12)7-18/h4-5,12H,19-20H2,1-3H3. The topological polar surface area (TPSA) is 127 Å². The van der Waals surface area contributed by atoms with Crippen molar-refractivity contribution in [3.63, 3.8) is 0 Å². The predicted molar refractivity (Wildman–Crippen MR) is 90.1 cm³/mol. The number of hydrogen-bond acceptors (Lipinski definition) is 8. The van der Waals surface area contributed by atoms with Crippen molar-refractivity contribution in [2.75, 3.05) is 21.3 Å². The summed E-state index contributed by atoms with van der Waals surface area (Å²) in [6.45, 7) is 0.